The van der Waals surface area contributed by atoms with E-state index >= 15 is 0 Å². The van der Waals surface area contributed by atoms with Gasteiger partial charge in [-0.15, -0.1) is 0 Å². The molecule has 5 N–H and O–H groups in total. The first-order valence-electron chi connectivity index (χ1n) is 4.51. The maximum Gasteiger partial charge on any atom is 0.271 e. The smallest absolute Gasteiger partial charge is 0.271 e. The predicted molar refractivity (Wildman–Crippen MR) is 59.8 cm³/mol. The van der Waals surface area contributed by atoms with E-state index in [1.54, 1.807) is 0 Å². The number of nitrogens with one attached hydrogen (secondary N) is 1. The van der Waals surface area contributed by atoms with Crippen molar-refractivity contribution < 1.29 is 21.3 Å². The monoisotopic (exact) mass is 283 g/mol. The third-order valence-electron chi connectivity index (χ3n) is 1.78. The van der Waals surface area contributed by atoms with Crippen molar-refractivity contribution in [3.63, 3.8) is 0 Å². The van der Waals surface area contributed by atoms with Gasteiger partial charge in [0, 0.05) is 6.54 Å². The van der Waals surface area contributed by atoms with Crippen molar-refractivity contribution in [2.75, 3.05) is 12.3 Å². The summed E-state index contributed by atoms with van der Waals surface area (Å²) in [5, 5.41) is 12.0. The molecule has 10 heteroatoms. The van der Waals surface area contributed by atoms with Crippen LogP contribution in [-0.4, -0.2) is 29.1 Å². The molecule has 0 aliphatic carbocycles. The molecule has 1 aromatic heterocycles. The molecule has 0 unspecified atom stereocenters. The Morgan fingerprint density at radius 2 is 1.82 bits per heavy atom. The summed E-state index contributed by atoms with van der Waals surface area (Å²) in [5.74, 6) is 0.124. The summed E-state index contributed by atoms with van der Waals surface area (Å²) >= 11 is 0. The average molecular weight is 283 g/mol. The standard InChI is InChI=1S/C7H13N3O5S2/c8-16(11,12)4-3-10-5-6-1-2-7(15-6)17(9,13)14/h1-2,10H,3-5H2,(H2,8,11,12)(H2,9,13,14). The van der Waals surface area contributed by atoms with Crippen molar-refractivity contribution in [1.29, 1.82) is 0 Å². The molecule has 1 aromatic rings. The van der Waals surface area contributed by atoms with Crippen molar-refractivity contribution in [2.45, 2.75) is 11.6 Å². The van der Waals surface area contributed by atoms with Crippen LogP contribution in [0.2, 0.25) is 0 Å². The Hall–Kier alpha value is -0.940. The highest BCUT2D eigenvalue weighted by atomic mass is 32.2. The Balaban J connectivity index is 2.46. The van der Waals surface area contributed by atoms with Gasteiger partial charge in [-0.2, -0.15) is 0 Å². The second-order valence-corrected chi connectivity index (χ2v) is 6.54. The van der Waals surface area contributed by atoms with Crippen LogP contribution in [0.15, 0.2) is 21.6 Å². The average Bonchev–Trinajstić information content (AvgIpc) is 2.58. The summed E-state index contributed by atoms with van der Waals surface area (Å²) in [4.78, 5) is 0. The van der Waals surface area contributed by atoms with Crippen molar-refractivity contribution >= 4 is 20.0 Å². The maximum atomic E-state index is 10.9. The van der Waals surface area contributed by atoms with Crippen LogP contribution in [0.3, 0.4) is 0 Å². The molecule has 0 spiro atoms. The summed E-state index contributed by atoms with van der Waals surface area (Å²) in [7, 11) is -7.35. The number of hydrogen-bond acceptors (Lipinski definition) is 6. The lowest BCUT2D eigenvalue weighted by Gasteiger charge is -2.00. The van der Waals surface area contributed by atoms with Crippen LogP contribution in [0.1, 0.15) is 5.76 Å². The molecule has 0 radical (unpaired) electrons. The molecule has 0 saturated heterocycles. The second-order valence-electron chi connectivity index (χ2n) is 3.31. The molecule has 0 amide bonds. The molecule has 98 valence electrons. The van der Waals surface area contributed by atoms with Gasteiger partial charge in [-0.05, 0) is 12.1 Å². The van der Waals surface area contributed by atoms with Gasteiger partial charge in [0.05, 0.1) is 12.3 Å². The lowest BCUT2D eigenvalue weighted by Crippen LogP contribution is -2.26. The number of primary sulfonamides is 2. The van der Waals surface area contributed by atoms with Gasteiger partial charge in [-0.3, -0.25) is 0 Å². The van der Waals surface area contributed by atoms with Crippen LogP contribution in [0.5, 0.6) is 0 Å². The van der Waals surface area contributed by atoms with Gasteiger partial charge in [0.2, 0.25) is 15.1 Å². The summed E-state index contributed by atoms with van der Waals surface area (Å²) in [6, 6.07) is 2.66. The SMILES string of the molecule is NS(=O)(=O)CCNCc1ccc(S(N)(=O)=O)o1. The highest BCUT2D eigenvalue weighted by molar-refractivity contribution is 7.89. The van der Waals surface area contributed by atoms with E-state index in [1.165, 1.54) is 12.1 Å². The minimum atomic E-state index is -3.85. The van der Waals surface area contributed by atoms with Crippen LogP contribution in [0.25, 0.3) is 0 Å². The van der Waals surface area contributed by atoms with E-state index in [0.29, 0.717) is 5.76 Å². The minimum absolute atomic E-state index is 0.143. The van der Waals surface area contributed by atoms with Crippen LogP contribution >= 0.6 is 0 Å². The molecule has 0 atom stereocenters. The Morgan fingerprint density at radius 3 is 2.29 bits per heavy atom. The van der Waals surface area contributed by atoms with E-state index in [1.807, 2.05) is 0 Å². The summed E-state index contributed by atoms with van der Waals surface area (Å²) in [6.45, 7) is 0.329. The quantitative estimate of drug-likeness (QED) is 0.531. The third-order valence-corrected chi connectivity index (χ3v) is 3.33. The third kappa shape index (κ3) is 5.28. The van der Waals surface area contributed by atoms with Crippen molar-refractivity contribution in [1.82, 2.24) is 5.32 Å². The molecule has 0 fully saturated rings. The van der Waals surface area contributed by atoms with Gasteiger partial charge < -0.3 is 9.73 Å². The zero-order chi connectivity index (χ0) is 13.1. The molecule has 1 heterocycles. The molecule has 0 bridgehead atoms. The summed E-state index contributed by atoms with van der Waals surface area (Å²) < 4.78 is 47.9. The molecule has 1 rings (SSSR count). The fourth-order valence-corrected chi connectivity index (χ4v) is 1.94. The lowest BCUT2D eigenvalue weighted by molar-refractivity contribution is 0.404. The first-order chi connectivity index (χ1) is 7.68. The van der Waals surface area contributed by atoms with Gasteiger partial charge in [0.25, 0.3) is 10.0 Å². The molecule has 0 aliphatic heterocycles. The van der Waals surface area contributed by atoms with E-state index in [4.69, 9.17) is 14.7 Å². The summed E-state index contributed by atoms with van der Waals surface area (Å²) in [5.41, 5.74) is 0. The maximum absolute atomic E-state index is 10.9. The van der Waals surface area contributed by atoms with E-state index in [0.717, 1.165) is 0 Å². The summed E-state index contributed by atoms with van der Waals surface area (Å²) in [6.07, 6.45) is 0. The largest absolute Gasteiger partial charge is 0.447 e. The highest BCUT2D eigenvalue weighted by Crippen LogP contribution is 2.11. The first kappa shape index (κ1) is 14.1. The van der Waals surface area contributed by atoms with E-state index < -0.39 is 20.0 Å². The molecule has 0 aliphatic rings. The molecular formula is C7H13N3O5S2. The fourth-order valence-electron chi connectivity index (χ4n) is 1.03. The van der Waals surface area contributed by atoms with Crippen molar-refractivity contribution in [3.8, 4) is 0 Å². The Morgan fingerprint density at radius 1 is 1.18 bits per heavy atom. The van der Waals surface area contributed by atoms with Gasteiger partial charge in [0.15, 0.2) is 0 Å². The minimum Gasteiger partial charge on any atom is -0.447 e. The molecule has 8 nitrogen and oxygen atoms in total. The molecule has 17 heavy (non-hydrogen) atoms. The number of hydrogen-bond donors (Lipinski definition) is 3. The zero-order valence-electron chi connectivity index (χ0n) is 8.79. The lowest BCUT2D eigenvalue weighted by atomic mass is 10.4. The normalized spacial score (nSPS) is 12.8. The van der Waals surface area contributed by atoms with Gasteiger partial charge in [-0.1, -0.05) is 0 Å². The number of sulfonamides is 2. The van der Waals surface area contributed by atoms with E-state index in [-0.39, 0.29) is 23.9 Å². The second kappa shape index (κ2) is 5.14. The number of furan rings is 1. The Labute approximate surface area is 99.1 Å². The predicted octanol–water partition coefficient (Wildman–Crippen LogP) is -1.69. The van der Waals surface area contributed by atoms with Crippen LogP contribution in [0.4, 0.5) is 0 Å². The topological polar surface area (TPSA) is 145 Å². The van der Waals surface area contributed by atoms with E-state index in [2.05, 4.69) is 5.32 Å². The molecule has 0 aromatic carbocycles. The van der Waals surface area contributed by atoms with Crippen LogP contribution in [0, 0.1) is 0 Å². The van der Waals surface area contributed by atoms with Gasteiger partial charge in [-0.25, -0.2) is 27.1 Å². The Bertz CT molecular complexity index is 574. The van der Waals surface area contributed by atoms with Gasteiger partial charge >= 0.3 is 0 Å². The molecular weight excluding hydrogens is 270 g/mol. The molecule has 0 saturated carbocycles. The van der Waals surface area contributed by atoms with Crippen LogP contribution in [-0.2, 0) is 26.6 Å². The van der Waals surface area contributed by atoms with Gasteiger partial charge in [0.1, 0.15) is 5.76 Å². The first-order valence-corrected chi connectivity index (χ1v) is 7.77. The Kier molecular flexibility index (Phi) is 4.27. The highest BCUT2D eigenvalue weighted by Gasteiger charge is 2.12. The van der Waals surface area contributed by atoms with Crippen molar-refractivity contribution in [2.24, 2.45) is 10.3 Å². The fraction of sp³-hybridized carbons (Fsp3) is 0.429. The van der Waals surface area contributed by atoms with Crippen molar-refractivity contribution in [3.05, 3.63) is 17.9 Å². The number of rotatable bonds is 6. The van der Waals surface area contributed by atoms with Crippen LogP contribution < -0.4 is 15.6 Å². The zero-order valence-corrected chi connectivity index (χ0v) is 10.4. The number of nitrogens with two attached hydrogens (primary N) is 2. The van der Waals surface area contributed by atoms with E-state index in [9.17, 15) is 16.8 Å².